The van der Waals surface area contributed by atoms with Crippen LogP contribution in [0.5, 0.6) is 0 Å². The SMILES string of the molecule is COC(=O)c1ccc(F)c(NC(=O)N2C3CCC2CC(OCc2c(-c4c(Cl)cccc4Cl)noc2C2CC2)C3)c1. The third-order valence-corrected chi connectivity index (χ3v) is 8.61. The number of fused-ring (bicyclic) bond motifs is 2. The number of halogens is 3. The molecule has 40 heavy (non-hydrogen) atoms. The van der Waals surface area contributed by atoms with Gasteiger partial charge in [0.05, 0.1) is 41.1 Å². The standard InChI is InChI=1S/C29H28Cl2FN3O5/c1-38-28(36)16-7-10-23(32)24(11-16)33-29(37)35-17-8-9-18(35)13-19(12-17)39-14-20-26(34-40-27(20)15-5-6-15)25-21(30)3-2-4-22(25)31/h2-4,7,10-11,15,17-19H,5-6,8-9,12-14H2,1H3,(H,33,37). The summed E-state index contributed by atoms with van der Waals surface area (Å²) in [6.45, 7) is 0.300. The van der Waals surface area contributed by atoms with E-state index in [1.807, 2.05) is 0 Å². The number of nitrogens with zero attached hydrogens (tertiary/aromatic N) is 2. The van der Waals surface area contributed by atoms with Crippen molar-refractivity contribution in [1.29, 1.82) is 0 Å². The minimum atomic E-state index is -0.624. The highest BCUT2D eigenvalue weighted by Gasteiger charge is 2.44. The van der Waals surface area contributed by atoms with Gasteiger partial charge in [-0.3, -0.25) is 0 Å². The van der Waals surface area contributed by atoms with E-state index >= 15 is 0 Å². The second-order valence-corrected chi connectivity index (χ2v) is 11.4. The Hall–Kier alpha value is -3.14. The molecule has 2 saturated heterocycles. The summed E-state index contributed by atoms with van der Waals surface area (Å²) in [5.41, 5.74) is 2.21. The lowest BCUT2D eigenvalue weighted by Crippen LogP contribution is -2.50. The van der Waals surface area contributed by atoms with Gasteiger partial charge < -0.3 is 24.2 Å². The van der Waals surface area contributed by atoms with Crippen molar-refractivity contribution in [2.24, 2.45) is 0 Å². The first-order chi connectivity index (χ1) is 19.3. The van der Waals surface area contributed by atoms with Crippen LogP contribution in [0.4, 0.5) is 14.9 Å². The van der Waals surface area contributed by atoms with Gasteiger partial charge >= 0.3 is 12.0 Å². The summed E-state index contributed by atoms with van der Waals surface area (Å²) in [6, 6.07) is 8.60. The Bertz CT molecular complexity index is 1430. The molecule has 1 saturated carbocycles. The van der Waals surface area contributed by atoms with Crippen LogP contribution in [0.15, 0.2) is 40.9 Å². The lowest BCUT2D eigenvalue weighted by atomic mass is 9.99. The Labute approximate surface area is 240 Å². The van der Waals surface area contributed by atoms with Crippen molar-refractivity contribution in [2.75, 3.05) is 12.4 Å². The van der Waals surface area contributed by atoms with E-state index in [0.29, 0.717) is 46.7 Å². The molecule has 2 aromatic carbocycles. The molecule has 210 valence electrons. The van der Waals surface area contributed by atoms with Gasteiger partial charge in [-0.05, 0) is 68.9 Å². The molecule has 2 unspecified atom stereocenters. The van der Waals surface area contributed by atoms with Crippen LogP contribution in [-0.4, -0.2) is 47.4 Å². The number of esters is 1. The van der Waals surface area contributed by atoms with Crippen LogP contribution in [-0.2, 0) is 16.1 Å². The summed E-state index contributed by atoms with van der Waals surface area (Å²) in [5, 5.41) is 7.98. The number of amides is 2. The number of aromatic nitrogens is 1. The molecular weight excluding hydrogens is 560 g/mol. The van der Waals surface area contributed by atoms with Crippen LogP contribution in [0.25, 0.3) is 11.3 Å². The number of carbonyl (C=O) groups excluding carboxylic acids is 2. The van der Waals surface area contributed by atoms with Gasteiger partial charge in [0, 0.05) is 29.1 Å². The molecule has 1 aromatic heterocycles. The fourth-order valence-corrected chi connectivity index (χ4v) is 6.47. The number of hydrogen-bond donors (Lipinski definition) is 1. The highest BCUT2D eigenvalue weighted by atomic mass is 35.5. The van der Waals surface area contributed by atoms with Crippen LogP contribution in [0.3, 0.4) is 0 Å². The predicted octanol–water partition coefficient (Wildman–Crippen LogP) is 7.20. The van der Waals surface area contributed by atoms with Crippen LogP contribution >= 0.6 is 23.2 Å². The first-order valence-electron chi connectivity index (χ1n) is 13.4. The predicted molar refractivity (Wildman–Crippen MR) is 147 cm³/mol. The Balaban J connectivity index is 1.14. The number of carbonyl (C=O) groups is 2. The third kappa shape index (κ3) is 5.18. The van der Waals surface area contributed by atoms with Crippen molar-refractivity contribution in [3.05, 3.63) is 69.1 Å². The highest BCUT2D eigenvalue weighted by Crippen LogP contribution is 2.46. The smallest absolute Gasteiger partial charge is 0.337 e. The number of ether oxygens (including phenoxy) is 2. The summed E-state index contributed by atoms with van der Waals surface area (Å²) in [6.07, 6.45) is 4.99. The zero-order chi connectivity index (χ0) is 28.0. The van der Waals surface area contributed by atoms with Crippen LogP contribution in [0, 0.1) is 5.82 Å². The molecule has 6 rings (SSSR count). The van der Waals surface area contributed by atoms with Gasteiger partial charge in [-0.25, -0.2) is 14.0 Å². The molecule has 3 aliphatic rings. The average Bonchev–Trinajstić information content (AvgIpc) is 3.64. The number of nitrogens with one attached hydrogen (secondary N) is 1. The summed E-state index contributed by atoms with van der Waals surface area (Å²) < 4.78 is 31.3. The van der Waals surface area contributed by atoms with Gasteiger partial charge in [-0.15, -0.1) is 0 Å². The second-order valence-electron chi connectivity index (χ2n) is 10.6. The van der Waals surface area contributed by atoms with Crippen molar-refractivity contribution in [1.82, 2.24) is 10.1 Å². The lowest BCUT2D eigenvalue weighted by Gasteiger charge is -2.38. The van der Waals surface area contributed by atoms with Gasteiger partial charge in [0.1, 0.15) is 17.3 Å². The van der Waals surface area contributed by atoms with E-state index in [4.69, 9.17) is 37.2 Å². The van der Waals surface area contributed by atoms with E-state index in [2.05, 4.69) is 10.5 Å². The topological polar surface area (TPSA) is 93.9 Å². The zero-order valence-electron chi connectivity index (χ0n) is 21.8. The van der Waals surface area contributed by atoms with Gasteiger partial charge in [0.25, 0.3) is 0 Å². The van der Waals surface area contributed by atoms with E-state index in [1.54, 1.807) is 23.1 Å². The summed E-state index contributed by atoms with van der Waals surface area (Å²) >= 11 is 13.0. The molecule has 8 nitrogen and oxygen atoms in total. The number of hydrogen-bond acceptors (Lipinski definition) is 6. The number of benzene rings is 2. The molecule has 2 aliphatic heterocycles. The van der Waals surface area contributed by atoms with Gasteiger partial charge in [-0.1, -0.05) is 34.4 Å². The number of rotatable bonds is 7. The fourth-order valence-electron chi connectivity index (χ4n) is 5.89. The van der Waals surface area contributed by atoms with E-state index in [-0.39, 0.29) is 29.4 Å². The molecule has 11 heteroatoms. The number of methoxy groups -OCH3 is 1. The maximum absolute atomic E-state index is 14.4. The second kappa shape index (κ2) is 11.0. The lowest BCUT2D eigenvalue weighted by molar-refractivity contribution is -0.0158. The van der Waals surface area contributed by atoms with Gasteiger partial charge in [0.15, 0.2) is 0 Å². The average molecular weight is 588 g/mol. The maximum Gasteiger partial charge on any atom is 0.337 e. The van der Waals surface area contributed by atoms with E-state index in [0.717, 1.165) is 43.1 Å². The number of piperidine rings is 1. The van der Waals surface area contributed by atoms with Crippen molar-refractivity contribution in [2.45, 2.75) is 69.2 Å². The summed E-state index contributed by atoms with van der Waals surface area (Å²) in [7, 11) is 1.25. The van der Waals surface area contributed by atoms with Crippen molar-refractivity contribution < 1.29 is 28.0 Å². The Morgan fingerprint density at radius 1 is 1.10 bits per heavy atom. The van der Waals surface area contributed by atoms with Gasteiger partial charge in [-0.2, -0.15) is 0 Å². The van der Waals surface area contributed by atoms with Crippen LogP contribution in [0.2, 0.25) is 10.0 Å². The quantitative estimate of drug-likeness (QED) is 0.294. The summed E-state index contributed by atoms with van der Waals surface area (Å²) in [5.74, 6) is -0.0877. The normalized spacial score (nSPS) is 21.9. The molecule has 0 spiro atoms. The molecule has 2 bridgehead atoms. The molecule has 1 N–H and O–H groups in total. The van der Waals surface area contributed by atoms with E-state index in [9.17, 15) is 14.0 Å². The first kappa shape index (κ1) is 27.1. The Morgan fingerprint density at radius 3 is 2.45 bits per heavy atom. The first-order valence-corrected chi connectivity index (χ1v) is 14.1. The van der Waals surface area contributed by atoms with E-state index < -0.39 is 17.8 Å². The van der Waals surface area contributed by atoms with Crippen molar-refractivity contribution in [3.8, 4) is 11.3 Å². The molecule has 3 heterocycles. The fraction of sp³-hybridized carbons (Fsp3) is 0.414. The minimum Gasteiger partial charge on any atom is -0.465 e. The van der Waals surface area contributed by atoms with Gasteiger partial charge in [0.2, 0.25) is 0 Å². The molecule has 0 radical (unpaired) electrons. The van der Waals surface area contributed by atoms with E-state index in [1.165, 1.54) is 19.2 Å². The van der Waals surface area contributed by atoms with Crippen molar-refractivity contribution in [3.63, 3.8) is 0 Å². The Morgan fingerprint density at radius 2 is 1.80 bits per heavy atom. The monoisotopic (exact) mass is 587 g/mol. The van der Waals surface area contributed by atoms with Crippen LogP contribution < -0.4 is 5.32 Å². The molecule has 2 atom stereocenters. The molecule has 2 amide bonds. The molecule has 3 fully saturated rings. The number of urea groups is 1. The van der Waals surface area contributed by atoms with Crippen molar-refractivity contribution >= 4 is 40.9 Å². The largest absolute Gasteiger partial charge is 0.465 e. The maximum atomic E-state index is 14.4. The molecule has 1 aliphatic carbocycles. The summed E-state index contributed by atoms with van der Waals surface area (Å²) in [4.78, 5) is 26.9. The third-order valence-electron chi connectivity index (χ3n) is 7.98. The van der Waals surface area contributed by atoms with Crippen LogP contribution in [0.1, 0.15) is 66.1 Å². The highest BCUT2D eigenvalue weighted by molar-refractivity contribution is 6.39. The minimum absolute atomic E-state index is 0.0431. The number of anilines is 1. The molecule has 3 aromatic rings. The Kier molecular flexibility index (Phi) is 7.46. The molecular formula is C29H28Cl2FN3O5. The zero-order valence-corrected chi connectivity index (χ0v) is 23.3.